The molecule has 12 nitrogen and oxygen atoms in total. The highest BCUT2D eigenvalue weighted by Gasteiger charge is 2.35. The number of fused-ring (bicyclic) bond motifs is 1. The van der Waals surface area contributed by atoms with Crippen LogP contribution in [0.25, 0.3) is 0 Å². The van der Waals surface area contributed by atoms with Crippen LogP contribution in [0, 0.1) is 11.3 Å². The number of likely N-dealkylation sites (N-methyl/N-ethyl adjacent to an activating group) is 1. The summed E-state index contributed by atoms with van der Waals surface area (Å²) in [7, 11) is 2.07. The average Bonchev–Trinajstić information content (AvgIpc) is 3.39. The van der Waals surface area contributed by atoms with E-state index in [9.17, 15) is 20.0 Å². The standard InChI is InChI=1S/C28H35N7O5/c1-32-12-5-8-22(32)19-39-26-30-24-17-33(27(36)37)13-10-23(24)25(31-26)35-15-14-34(16-21(35)9-11-29)28(38)40-18-20-6-3-2-4-7-20/h2-4,6-7,21-22H,5,8-10,12-19H2,1H3,(H,36,37)/t21?,22-/m0/s1. The molecule has 1 N–H and O–H groups in total. The van der Waals surface area contributed by atoms with Gasteiger partial charge in [0.05, 0.1) is 30.8 Å². The number of nitrogens with zero attached hydrogens (tertiary/aromatic N) is 7. The third-order valence-electron chi connectivity index (χ3n) is 7.91. The highest BCUT2D eigenvalue weighted by atomic mass is 16.6. The SMILES string of the molecule is CN1CCC[C@H]1COc1nc2c(c(N3CCN(C(=O)OCc4ccccc4)CC3CC#N)n1)CCN(C(=O)O)C2. The maximum absolute atomic E-state index is 12.9. The first-order chi connectivity index (χ1) is 19.4. The summed E-state index contributed by atoms with van der Waals surface area (Å²) >= 11 is 0. The minimum absolute atomic E-state index is 0.147. The Kier molecular flexibility index (Phi) is 8.50. The molecule has 2 atom stereocenters. The molecule has 0 aliphatic carbocycles. The molecule has 2 saturated heterocycles. The summed E-state index contributed by atoms with van der Waals surface area (Å²) in [5.41, 5.74) is 2.39. The number of carbonyl (C=O) groups excluding carboxylic acids is 1. The fourth-order valence-electron chi connectivity index (χ4n) is 5.61. The van der Waals surface area contributed by atoms with Gasteiger partial charge in [0, 0.05) is 37.8 Å². The van der Waals surface area contributed by atoms with Crippen molar-refractivity contribution in [2.75, 3.05) is 51.3 Å². The van der Waals surface area contributed by atoms with Gasteiger partial charge in [0.25, 0.3) is 0 Å². The van der Waals surface area contributed by atoms with Crippen molar-refractivity contribution in [1.29, 1.82) is 5.26 Å². The van der Waals surface area contributed by atoms with Crippen LogP contribution < -0.4 is 9.64 Å². The lowest BCUT2D eigenvalue weighted by atomic mass is 10.0. The first kappa shape index (κ1) is 27.5. The van der Waals surface area contributed by atoms with Crippen molar-refractivity contribution in [3.8, 4) is 12.1 Å². The molecular weight excluding hydrogens is 514 g/mol. The van der Waals surface area contributed by atoms with E-state index >= 15 is 0 Å². The number of ether oxygens (including phenoxy) is 2. The molecule has 2 amide bonds. The molecule has 5 rings (SSSR count). The number of piperazine rings is 1. The zero-order valence-electron chi connectivity index (χ0n) is 22.7. The second-order valence-corrected chi connectivity index (χ2v) is 10.5. The molecule has 2 fully saturated rings. The molecule has 2 aromatic rings. The van der Waals surface area contributed by atoms with E-state index in [1.807, 2.05) is 30.3 Å². The number of rotatable bonds is 7. The minimum atomic E-state index is -0.995. The number of hydrogen-bond donors (Lipinski definition) is 1. The number of benzene rings is 1. The van der Waals surface area contributed by atoms with Crippen molar-refractivity contribution >= 4 is 18.0 Å². The largest absolute Gasteiger partial charge is 0.465 e. The van der Waals surface area contributed by atoms with Gasteiger partial charge in [0.1, 0.15) is 19.0 Å². The Balaban J connectivity index is 1.35. The maximum Gasteiger partial charge on any atom is 0.410 e. The predicted octanol–water partition coefficient (Wildman–Crippen LogP) is 2.73. The maximum atomic E-state index is 12.9. The van der Waals surface area contributed by atoms with Gasteiger partial charge in [-0.15, -0.1) is 0 Å². The molecule has 3 aliphatic rings. The summed E-state index contributed by atoms with van der Waals surface area (Å²) in [6, 6.07) is 11.9. The fraction of sp³-hybridized carbons (Fsp3) is 0.536. The minimum Gasteiger partial charge on any atom is -0.465 e. The third kappa shape index (κ3) is 6.20. The summed E-state index contributed by atoms with van der Waals surface area (Å²) in [4.78, 5) is 41.3. The van der Waals surface area contributed by atoms with Crippen LogP contribution in [0.15, 0.2) is 30.3 Å². The van der Waals surface area contributed by atoms with Gasteiger partial charge in [-0.25, -0.2) is 9.59 Å². The summed E-state index contributed by atoms with van der Waals surface area (Å²) in [6.07, 6.45) is 1.38. The molecule has 212 valence electrons. The molecule has 1 unspecified atom stereocenters. The van der Waals surface area contributed by atoms with E-state index in [-0.39, 0.29) is 37.7 Å². The lowest BCUT2D eigenvalue weighted by Crippen LogP contribution is -2.55. The van der Waals surface area contributed by atoms with Crippen molar-refractivity contribution in [2.24, 2.45) is 0 Å². The number of nitriles is 1. The van der Waals surface area contributed by atoms with Gasteiger partial charge in [-0.2, -0.15) is 15.2 Å². The highest BCUT2D eigenvalue weighted by molar-refractivity contribution is 5.69. The van der Waals surface area contributed by atoms with Crippen molar-refractivity contribution in [2.45, 2.75) is 50.9 Å². The van der Waals surface area contributed by atoms with Gasteiger partial charge < -0.3 is 34.2 Å². The molecule has 0 spiro atoms. The highest BCUT2D eigenvalue weighted by Crippen LogP contribution is 2.32. The molecule has 1 aromatic heterocycles. The second kappa shape index (κ2) is 12.4. The Bertz CT molecular complexity index is 1250. The van der Waals surface area contributed by atoms with E-state index in [1.54, 1.807) is 4.90 Å². The second-order valence-electron chi connectivity index (χ2n) is 10.5. The van der Waals surface area contributed by atoms with Crippen molar-refractivity contribution in [1.82, 2.24) is 24.7 Å². The van der Waals surface area contributed by atoms with Crippen LogP contribution in [0.5, 0.6) is 6.01 Å². The average molecular weight is 550 g/mol. The Labute approximate surface area is 233 Å². The van der Waals surface area contributed by atoms with Crippen molar-refractivity contribution in [3.63, 3.8) is 0 Å². The number of carboxylic acid groups (broad SMARTS) is 1. The van der Waals surface area contributed by atoms with Gasteiger partial charge in [0.2, 0.25) is 0 Å². The summed E-state index contributed by atoms with van der Waals surface area (Å²) < 4.78 is 11.6. The molecule has 4 heterocycles. The number of likely N-dealkylation sites (tertiary alicyclic amines) is 1. The molecule has 0 bridgehead atoms. The Morgan fingerprint density at radius 2 is 1.93 bits per heavy atom. The van der Waals surface area contributed by atoms with Crippen LogP contribution in [-0.4, -0.2) is 100 Å². The first-order valence-corrected chi connectivity index (χ1v) is 13.7. The van der Waals surface area contributed by atoms with E-state index in [2.05, 4.69) is 27.9 Å². The van der Waals surface area contributed by atoms with Crippen LogP contribution in [0.3, 0.4) is 0 Å². The molecule has 1 aromatic carbocycles. The van der Waals surface area contributed by atoms with E-state index in [0.717, 1.165) is 30.5 Å². The number of anilines is 1. The molecule has 0 radical (unpaired) electrons. The molecule has 3 aliphatic heterocycles. The Hall–Kier alpha value is -4.11. The van der Waals surface area contributed by atoms with Gasteiger partial charge in [0.15, 0.2) is 0 Å². The van der Waals surface area contributed by atoms with Gasteiger partial charge >= 0.3 is 18.2 Å². The fourth-order valence-corrected chi connectivity index (χ4v) is 5.61. The zero-order chi connectivity index (χ0) is 28.1. The van der Waals surface area contributed by atoms with E-state index in [1.165, 1.54) is 4.90 Å². The number of carbonyl (C=O) groups is 2. The lowest BCUT2D eigenvalue weighted by molar-refractivity contribution is 0.0889. The topological polar surface area (TPSA) is 135 Å². The molecule has 0 saturated carbocycles. The Morgan fingerprint density at radius 3 is 2.65 bits per heavy atom. The predicted molar refractivity (Wildman–Crippen MR) is 145 cm³/mol. The molecular formula is C28H35N7O5. The van der Waals surface area contributed by atoms with Crippen molar-refractivity contribution in [3.05, 3.63) is 47.2 Å². The van der Waals surface area contributed by atoms with Crippen LogP contribution in [-0.2, 0) is 24.3 Å². The van der Waals surface area contributed by atoms with Crippen LogP contribution in [0.1, 0.15) is 36.1 Å². The molecule has 40 heavy (non-hydrogen) atoms. The van der Waals surface area contributed by atoms with Gasteiger partial charge in [-0.05, 0) is 38.4 Å². The summed E-state index contributed by atoms with van der Waals surface area (Å²) in [5, 5.41) is 19.2. The quantitative estimate of drug-likeness (QED) is 0.549. The third-order valence-corrected chi connectivity index (χ3v) is 7.91. The Morgan fingerprint density at radius 1 is 1.10 bits per heavy atom. The zero-order valence-corrected chi connectivity index (χ0v) is 22.7. The van der Waals surface area contributed by atoms with Gasteiger partial charge in [-0.1, -0.05) is 30.3 Å². The van der Waals surface area contributed by atoms with Crippen molar-refractivity contribution < 1.29 is 24.2 Å². The number of aromatic nitrogens is 2. The van der Waals surface area contributed by atoms with Crippen LogP contribution in [0.4, 0.5) is 15.4 Å². The number of amides is 2. The smallest absolute Gasteiger partial charge is 0.410 e. The van der Waals surface area contributed by atoms with E-state index < -0.39 is 12.2 Å². The van der Waals surface area contributed by atoms with Gasteiger partial charge in [-0.3, -0.25) is 0 Å². The summed E-state index contributed by atoms with van der Waals surface area (Å²) in [5.74, 6) is 0.655. The normalized spacial score (nSPS) is 21.1. The monoisotopic (exact) mass is 549 g/mol. The molecule has 12 heteroatoms. The summed E-state index contributed by atoms with van der Waals surface area (Å²) in [6.45, 7) is 3.28. The lowest BCUT2D eigenvalue weighted by Gasteiger charge is -2.42. The van der Waals surface area contributed by atoms with Crippen LogP contribution >= 0.6 is 0 Å². The van der Waals surface area contributed by atoms with E-state index in [0.29, 0.717) is 50.7 Å². The first-order valence-electron chi connectivity index (χ1n) is 13.7. The van der Waals surface area contributed by atoms with E-state index in [4.69, 9.17) is 14.5 Å². The number of hydrogen-bond acceptors (Lipinski definition) is 9. The van der Waals surface area contributed by atoms with Crippen LogP contribution in [0.2, 0.25) is 0 Å².